The van der Waals surface area contributed by atoms with E-state index in [9.17, 15) is 18.0 Å². The van der Waals surface area contributed by atoms with Crippen molar-refractivity contribution in [3.8, 4) is 0 Å². The molecule has 2 atom stereocenters. The maximum absolute atomic E-state index is 13.4. The lowest BCUT2D eigenvalue weighted by molar-refractivity contribution is -0.133. The normalized spacial score (nSPS) is 19.7. The Kier molecular flexibility index (Phi) is 9.94. The van der Waals surface area contributed by atoms with E-state index in [-0.39, 0.29) is 22.5 Å². The number of para-hydroxylation sites is 1. The number of carbonyl (C=O) groups excluding carboxylic acids is 2. The Bertz CT molecular complexity index is 968. The molecule has 1 aromatic rings. The van der Waals surface area contributed by atoms with E-state index in [0.29, 0.717) is 48.9 Å². The number of rotatable bonds is 10. The van der Waals surface area contributed by atoms with Crippen LogP contribution in [-0.4, -0.2) is 68.3 Å². The maximum atomic E-state index is 13.4. The Balaban J connectivity index is 1.76. The van der Waals surface area contributed by atoms with E-state index < -0.39 is 16.1 Å². The molecule has 1 fully saturated rings. The van der Waals surface area contributed by atoms with E-state index in [2.05, 4.69) is 22.3 Å². The summed E-state index contributed by atoms with van der Waals surface area (Å²) in [4.78, 5) is 26.5. The number of carbonyl (C=O) groups is 2. The quantitative estimate of drug-likeness (QED) is 0.244. The second-order valence-electron chi connectivity index (χ2n) is 9.15. The van der Waals surface area contributed by atoms with Gasteiger partial charge in [0.05, 0.1) is 11.6 Å². The average molecular weight is 531 g/mol. The average Bonchev–Trinajstić information content (AvgIpc) is 2.80. The first-order valence-electron chi connectivity index (χ1n) is 11.8. The fourth-order valence-corrected chi connectivity index (χ4v) is 7.16. The largest absolute Gasteiger partial charge is 0.383 e. The summed E-state index contributed by atoms with van der Waals surface area (Å²) in [7, 11) is -3.95. The molecule has 2 aliphatic rings. The molecular formula is C23H35ClN4O4S2. The summed E-state index contributed by atoms with van der Waals surface area (Å²) in [5.41, 5.74) is 1.58. The first-order valence-corrected chi connectivity index (χ1v) is 14.9. The Labute approximate surface area is 212 Å². The third-order valence-corrected chi connectivity index (χ3v) is 8.99. The van der Waals surface area contributed by atoms with Crippen molar-refractivity contribution < 1.29 is 18.0 Å². The smallest absolute Gasteiger partial charge is 0.243 e. The molecule has 2 heterocycles. The summed E-state index contributed by atoms with van der Waals surface area (Å²) in [6.07, 6.45) is 3.46. The number of thioether (sulfide) groups is 1. The summed E-state index contributed by atoms with van der Waals surface area (Å²) >= 11 is 7.19. The minimum absolute atomic E-state index is 0.169. The number of piperidine rings is 1. The highest BCUT2D eigenvalue weighted by atomic mass is 35.5. The molecule has 1 aromatic carbocycles. The highest BCUT2D eigenvalue weighted by molar-refractivity contribution is 7.99. The zero-order valence-corrected chi connectivity index (χ0v) is 22.2. The number of halogens is 1. The van der Waals surface area contributed by atoms with Crippen molar-refractivity contribution in [1.29, 1.82) is 0 Å². The van der Waals surface area contributed by atoms with Gasteiger partial charge in [-0.25, -0.2) is 8.42 Å². The van der Waals surface area contributed by atoms with Crippen LogP contribution in [0.25, 0.3) is 0 Å². The second-order valence-corrected chi connectivity index (χ2v) is 12.2. The summed E-state index contributed by atoms with van der Waals surface area (Å²) in [5.74, 6) is 1.64. The summed E-state index contributed by atoms with van der Waals surface area (Å²) in [6, 6.07) is 4.34. The van der Waals surface area contributed by atoms with Crippen molar-refractivity contribution in [1.82, 2.24) is 14.9 Å². The molecule has 190 valence electrons. The van der Waals surface area contributed by atoms with E-state index in [1.54, 1.807) is 17.0 Å². The number of alkyl halides is 1. The minimum Gasteiger partial charge on any atom is -0.383 e. The number of hydrogen-bond donors (Lipinski definition) is 3. The summed E-state index contributed by atoms with van der Waals surface area (Å²) in [6.45, 7) is 5.42. The zero-order valence-electron chi connectivity index (χ0n) is 19.8. The molecule has 0 spiro atoms. The number of sulfonamides is 1. The van der Waals surface area contributed by atoms with Gasteiger partial charge in [-0.3, -0.25) is 9.59 Å². The van der Waals surface area contributed by atoms with Gasteiger partial charge in [0, 0.05) is 38.2 Å². The molecule has 0 bridgehead atoms. The van der Waals surface area contributed by atoms with E-state index in [4.69, 9.17) is 11.6 Å². The lowest BCUT2D eigenvalue weighted by Gasteiger charge is -2.34. The molecule has 11 heteroatoms. The van der Waals surface area contributed by atoms with Gasteiger partial charge < -0.3 is 15.5 Å². The standard InChI is InChI=1S/C23H35ClN4O4S2/c1-16-12-19-4-3-5-21(22(19)25-13-16)34(31,32)27-20(14-33-15-26-17(2)29)23(30)28-10-7-18(6-9-24)8-11-28/h3-5,16,18,20,25,27H,6-15H2,1-2H3,(H,26,29)/t16-,20?/m1/s1. The first-order chi connectivity index (χ1) is 16.2. The molecule has 34 heavy (non-hydrogen) atoms. The van der Waals surface area contributed by atoms with Crippen LogP contribution in [0.1, 0.15) is 38.7 Å². The van der Waals surface area contributed by atoms with Gasteiger partial charge in [0.25, 0.3) is 0 Å². The Hall–Kier alpha value is -1.49. The molecule has 1 saturated heterocycles. The van der Waals surface area contributed by atoms with Crippen LogP contribution in [0.2, 0.25) is 0 Å². The van der Waals surface area contributed by atoms with Crippen molar-refractivity contribution in [2.75, 3.05) is 42.5 Å². The first kappa shape index (κ1) is 27.1. The maximum Gasteiger partial charge on any atom is 0.243 e. The molecule has 0 radical (unpaired) electrons. The molecule has 0 saturated carbocycles. The fraction of sp³-hybridized carbons (Fsp3) is 0.652. The van der Waals surface area contributed by atoms with E-state index in [0.717, 1.165) is 31.2 Å². The van der Waals surface area contributed by atoms with Crippen LogP contribution >= 0.6 is 23.4 Å². The minimum atomic E-state index is -3.95. The van der Waals surface area contributed by atoms with Gasteiger partial charge in [-0.15, -0.1) is 23.4 Å². The van der Waals surface area contributed by atoms with Gasteiger partial charge >= 0.3 is 0 Å². The topological polar surface area (TPSA) is 108 Å². The molecule has 2 amide bonds. The Morgan fingerprint density at radius 3 is 2.71 bits per heavy atom. The van der Waals surface area contributed by atoms with Gasteiger partial charge in [0.2, 0.25) is 21.8 Å². The highest BCUT2D eigenvalue weighted by Crippen LogP contribution is 2.31. The number of hydrogen-bond acceptors (Lipinski definition) is 6. The Morgan fingerprint density at radius 1 is 1.29 bits per heavy atom. The molecular weight excluding hydrogens is 496 g/mol. The number of benzene rings is 1. The van der Waals surface area contributed by atoms with Gasteiger partial charge in [0.1, 0.15) is 10.9 Å². The lowest BCUT2D eigenvalue weighted by Crippen LogP contribution is -2.52. The van der Waals surface area contributed by atoms with Crippen molar-refractivity contribution >= 4 is 50.9 Å². The van der Waals surface area contributed by atoms with E-state index in [1.807, 2.05) is 6.07 Å². The number of amides is 2. The number of nitrogens with zero attached hydrogens (tertiary/aromatic N) is 1. The number of likely N-dealkylation sites (tertiary alicyclic amines) is 1. The van der Waals surface area contributed by atoms with Crippen LogP contribution in [-0.2, 0) is 26.0 Å². The monoisotopic (exact) mass is 530 g/mol. The Morgan fingerprint density at radius 2 is 2.03 bits per heavy atom. The zero-order chi connectivity index (χ0) is 24.7. The molecule has 0 aliphatic carbocycles. The molecule has 3 N–H and O–H groups in total. The number of fused-ring (bicyclic) bond motifs is 1. The van der Waals surface area contributed by atoms with Crippen LogP contribution in [0.3, 0.4) is 0 Å². The predicted octanol–water partition coefficient (Wildman–Crippen LogP) is 2.63. The summed E-state index contributed by atoms with van der Waals surface area (Å²) in [5, 5.41) is 5.93. The van der Waals surface area contributed by atoms with E-state index >= 15 is 0 Å². The van der Waals surface area contributed by atoms with Crippen LogP contribution in [0.15, 0.2) is 23.1 Å². The van der Waals surface area contributed by atoms with Gasteiger partial charge in [-0.2, -0.15) is 4.72 Å². The molecule has 2 aliphatic heterocycles. The SMILES string of the molecule is CC(=O)NCSCC(NS(=O)(=O)c1cccc2c1NC[C@H](C)C2)C(=O)N1CCC(CCCl)CC1. The molecule has 1 unspecified atom stereocenters. The third-order valence-electron chi connectivity index (χ3n) is 6.34. The van der Waals surface area contributed by atoms with Crippen LogP contribution in [0, 0.1) is 11.8 Å². The van der Waals surface area contributed by atoms with Gasteiger partial charge in [-0.05, 0) is 49.1 Å². The fourth-order valence-electron chi connectivity index (χ4n) is 4.45. The number of anilines is 1. The van der Waals surface area contributed by atoms with Gasteiger partial charge in [0.15, 0.2) is 0 Å². The van der Waals surface area contributed by atoms with Crippen molar-refractivity contribution in [3.05, 3.63) is 23.8 Å². The van der Waals surface area contributed by atoms with Crippen LogP contribution in [0.5, 0.6) is 0 Å². The van der Waals surface area contributed by atoms with Crippen LogP contribution < -0.4 is 15.4 Å². The second kappa shape index (κ2) is 12.5. The lowest BCUT2D eigenvalue weighted by atomic mass is 9.94. The van der Waals surface area contributed by atoms with E-state index in [1.165, 1.54) is 18.7 Å². The van der Waals surface area contributed by atoms with Crippen molar-refractivity contribution in [3.63, 3.8) is 0 Å². The van der Waals surface area contributed by atoms with Crippen molar-refractivity contribution in [2.45, 2.75) is 50.5 Å². The molecule has 3 rings (SSSR count). The number of nitrogens with one attached hydrogen (secondary N) is 3. The summed E-state index contributed by atoms with van der Waals surface area (Å²) < 4.78 is 29.6. The molecule has 8 nitrogen and oxygen atoms in total. The van der Waals surface area contributed by atoms with Crippen molar-refractivity contribution in [2.24, 2.45) is 11.8 Å². The van der Waals surface area contributed by atoms with Crippen LogP contribution in [0.4, 0.5) is 5.69 Å². The van der Waals surface area contributed by atoms with Gasteiger partial charge in [-0.1, -0.05) is 19.1 Å². The molecule has 0 aromatic heterocycles. The highest BCUT2D eigenvalue weighted by Gasteiger charge is 2.33. The third kappa shape index (κ3) is 7.26. The predicted molar refractivity (Wildman–Crippen MR) is 138 cm³/mol.